The summed E-state index contributed by atoms with van der Waals surface area (Å²) in [4.78, 5) is 16.9. The number of nitrogens with zero attached hydrogens (tertiary/aromatic N) is 1. The molecule has 0 saturated carbocycles. The van der Waals surface area contributed by atoms with Crippen molar-refractivity contribution in [2.75, 3.05) is 28.4 Å². The van der Waals surface area contributed by atoms with E-state index in [0.29, 0.717) is 11.3 Å². The van der Waals surface area contributed by atoms with Gasteiger partial charge in [0.05, 0.1) is 45.3 Å². The zero-order chi connectivity index (χ0) is 25.6. The lowest BCUT2D eigenvalue weighted by atomic mass is 10.1. The molecule has 0 aliphatic heterocycles. The largest absolute Gasteiger partial charge is 0.493 e. The Hall–Kier alpha value is -4.21. The first-order chi connectivity index (χ1) is 16.7. The number of ether oxygens (including phenoxy) is 5. The van der Waals surface area contributed by atoms with Gasteiger partial charge in [0.25, 0.3) is 0 Å². The summed E-state index contributed by atoms with van der Waals surface area (Å²) in [6.07, 6.45) is -3.08. The first kappa shape index (κ1) is 25.4. The van der Waals surface area contributed by atoms with Gasteiger partial charge < -0.3 is 23.7 Å². The molecule has 0 spiro atoms. The molecule has 3 aromatic carbocycles. The van der Waals surface area contributed by atoms with Crippen LogP contribution in [-0.4, -0.2) is 40.6 Å². The van der Waals surface area contributed by atoms with Crippen LogP contribution in [0.4, 0.5) is 18.9 Å². The standard InChI is InChI=1S/C25H22F3NO6/c1-31-20-10-15(14-29-18-7-5-6-17(13-18)25(26,27)28)8-9-19(20)35-24(30)16-11-21(32-2)23(34-4)22(12-16)33-3/h5-14H,1-4H3. The third kappa shape index (κ3) is 6.03. The molecule has 184 valence electrons. The Morgan fingerprint density at radius 3 is 2.03 bits per heavy atom. The van der Waals surface area contributed by atoms with Gasteiger partial charge in [0.1, 0.15) is 0 Å². The highest BCUT2D eigenvalue weighted by Gasteiger charge is 2.30. The minimum absolute atomic E-state index is 0.127. The number of aliphatic imine (C=N–C) groups is 1. The molecule has 0 bridgehead atoms. The molecule has 0 fully saturated rings. The number of carbonyl (C=O) groups excluding carboxylic acids is 1. The molecule has 0 aliphatic carbocycles. The van der Waals surface area contributed by atoms with Gasteiger partial charge in [-0.05, 0) is 54.1 Å². The lowest BCUT2D eigenvalue weighted by Gasteiger charge is -2.14. The van der Waals surface area contributed by atoms with Crippen LogP contribution in [0.25, 0.3) is 0 Å². The molecule has 3 aromatic rings. The molecule has 10 heteroatoms. The molecule has 0 unspecified atom stereocenters. The maximum atomic E-state index is 12.9. The summed E-state index contributed by atoms with van der Waals surface area (Å²) in [5.41, 5.74) is 0.0130. The van der Waals surface area contributed by atoms with Gasteiger partial charge in [-0.2, -0.15) is 13.2 Å². The summed E-state index contributed by atoms with van der Waals surface area (Å²) >= 11 is 0. The third-order valence-corrected chi connectivity index (χ3v) is 4.83. The fourth-order valence-corrected chi connectivity index (χ4v) is 3.12. The molecule has 0 N–H and O–H groups in total. The van der Waals surface area contributed by atoms with Gasteiger partial charge in [-0.25, -0.2) is 4.79 Å². The van der Waals surface area contributed by atoms with Crippen LogP contribution in [0, 0.1) is 0 Å². The van der Waals surface area contributed by atoms with E-state index >= 15 is 0 Å². The Kier molecular flexibility index (Phi) is 7.85. The van der Waals surface area contributed by atoms with Crippen LogP contribution in [0.15, 0.2) is 59.6 Å². The second-order valence-electron chi connectivity index (χ2n) is 7.02. The average Bonchev–Trinajstić information content (AvgIpc) is 2.86. The van der Waals surface area contributed by atoms with Gasteiger partial charge >= 0.3 is 12.1 Å². The fraction of sp³-hybridized carbons (Fsp3) is 0.200. The molecule has 0 atom stereocenters. The first-order valence-corrected chi connectivity index (χ1v) is 10.1. The minimum atomic E-state index is -4.46. The summed E-state index contributed by atoms with van der Waals surface area (Å²) in [5.74, 6) is 0.543. The van der Waals surface area contributed by atoms with Crippen LogP contribution in [-0.2, 0) is 6.18 Å². The van der Waals surface area contributed by atoms with Crippen LogP contribution >= 0.6 is 0 Å². The number of hydrogen-bond donors (Lipinski definition) is 0. The van der Waals surface area contributed by atoms with E-state index in [1.165, 1.54) is 71.1 Å². The van der Waals surface area contributed by atoms with Gasteiger partial charge in [0.2, 0.25) is 5.75 Å². The zero-order valence-corrected chi connectivity index (χ0v) is 19.3. The Labute approximate surface area is 199 Å². The number of benzene rings is 3. The molecule has 0 heterocycles. The molecule has 0 aliphatic rings. The first-order valence-electron chi connectivity index (χ1n) is 10.1. The number of rotatable bonds is 8. The molecular weight excluding hydrogens is 467 g/mol. The summed E-state index contributed by atoms with van der Waals surface area (Å²) in [6.45, 7) is 0. The molecule has 0 aromatic heterocycles. The number of alkyl halides is 3. The van der Waals surface area contributed by atoms with E-state index in [4.69, 9.17) is 23.7 Å². The average molecular weight is 489 g/mol. The van der Waals surface area contributed by atoms with Gasteiger partial charge in [-0.3, -0.25) is 4.99 Å². The topological polar surface area (TPSA) is 75.6 Å². The van der Waals surface area contributed by atoms with Crippen molar-refractivity contribution >= 4 is 17.9 Å². The summed E-state index contributed by atoms with van der Waals surface area (Å²) in [5, 5.41) is 0. The van der Waals surface area contributed by atoms with E-state index in [-0.39, 0.29) is 34.2 Å². The van der Waals surface area contributed by atoms with Crippen LogP contribution < -0.4 is 23.7 Å². The van der Waals surface area contributed by atoms with Gasteiger partial charge in [0.15, 0.2) is 23.0 Å². The quantitative estimate of drug-likeness (QED) is 0.229. The highest BCUT2D eigenvalue weighted by atomic mass is 19.4. The lowest BCUT2D eigenvalue weighted by Crippen LogP contribution is -2.10. The van der Waals surface area contributed by atoms with Crippen LogP contribution in [0.2, 0.25) is 0 Å². The predicted octanol–water partition coefficient (Wildman–Crippen LogP) is 5.71. The molecular formula is C25H22F3NO6. The number of carbonyl (C=O) groups is 1. The van der Waals surface area contributed by atoms with Crippen molar-refractivity contribution in [3.05, 3.63) is 71.3 Å². The zero-order valence-electron chi connectivity index (χ0n) is 19.3. The van der Waals surface area contributed by atoms with Crippen molar-refractivity contribution in [1.29, 1.82) is 0 Å². The number of hydrogen-bond acceptors (Lipinski definition) is 7. The lowest BCUT2D eigenvalue weighted by molar-refractivity contribution is -0.137. The molecule has 0 radical (unpaired) electrons. The van der Waals surface area contributed by atoms with Crippen molar-refractivity contribution < 1.29 is 41.7 Å². The van der Waals surface area contributed by atoms with E-state index in [0.717, 1.165) is 12.1 Å². The predicted molar refractivity (Wildman–Crippen MR) is 123 cm³/mol. The second-order valence-corrected chi connectivity index (χ2v) is 7.02. The van der Waals surface area contributed by atoms with Crippen molar-refractivity contribution in [3.63, 3.8) is 0 Å². The van der Waals surface area contributed by atoms with E-state index < -0.39 is 17.7 Å². The molecule has 0 amide bonds. The van der Waals surface area contributed by atoms with Crippen LogP contribution in [0.5, 0.6) is 28.7 Å². The minimum Gasteiger partial charge on any atom is -0.493 e. The third-order valence-electron chi connectivity index (χ3n) is 4.83. The Morgan fingerprint density at radius 2 is 1.46 bits per heavy atom. The Balaban J connectivity index is 1.83. The van der Waals surface area contributed by atoms with Crippen molar-refractivity contribution in [2.24, 2.45) is 4.99 Å². The molecule has 0 saturated heterocycles. The smallest absolute Gasteiger partial charge is 0.416 e. The highest BCUT2D eigenvalue weighted by Crippen LogP contribution is 2.39. The second kappa shape index (κ2) is 10.8. The van der Waals surface area contributed by atoms with Crippen molar-refractivity contribution in [3.8, 4) is 28.7 Å². The van der Waals surface area contributed by atoms with E-state index in [2.05, 4.69) is 4.99 Å². The SMILES string of the molecule is COc1cc(C=Nc2cccc(C(F)(F)F)c2)ccc1OC(=O)c1cc(OC)c(OC)c(OC)c1. The van der Waals surface area contributed by atoms with E-state index in [9.17, 15) is 18.0 Å². The van der Waals surface area contributed by atoms with Crippen molar-refractivity contribution in [1.82, 2.24) is 0 Å². The Morgan fingerprint density at radius 1 is 0.800 bits per heavy atom. The number of methoxy groups -OCH3 is 4. The summed E-state index contributed by atoms with van der Waals surface area (Å²) < 4.78 is 65.2. The van der Waals surface area contributed by atoms with E-state index in [1.54, 1.807) is 6.07 Å². The summed E-state index contributed by atoms with van der Waals surface area (Å²) in [6, 6.07) is 12.2. The van der Waals surface area contributed by atoms with Crippen LogP contribution in [0.3, 0.4) is 0 Å². The summed E-state index contributed by atoms with van der Waals surface area (Å²) in [7, 11) is 5.69. The maximum Gasteiger partial charge on any atom is 0.416 e. The molecule has 3 rings (SSSR count). The highest BCUT2D eigenvalue weighted by molar-refractivity contribution is 5.93. The number of halogens is 3. The Bertz CT molecular complexity index is 1220. The van der Waals surface area contributed by atoms with Crippen LogP contribution in [0.1, 0.15) is 21.5 Å². The maximum absolute atomic E-state index is 12.9. The number of esters is 1. The monoisotopic (exact) mass is 489 g/mol. The van der Waals surface area contributed by atoms with Crippen molar-refractivity contribution in [2.45, 2.75) is 6.18 Å². The van der Waals surface area contributed by atoms with E-state index in [1.807, 2.05) is 0 Å². The normalized spacial score (nSPS) is 11.3. The van der Waals surface area contributed by atoms with Gasteiger partial charge in [-0.15, -0.1) is 0 Å². The molecule has 35 heavy (non-hydrogen) atoms. The molecule has 7 nitrogen and oxygen atoms in total. The van der Waals surface area contributed by atoms with Gasteiger partial charge in [0, 0.05) is 6.21 Å². The fourth-order valence-electron chi connectivity index (χ4n) is 3.12. The van der Waals surface area contributed by atoms with Gasteiger partial charge in [-0.1, -0.05) is 6.07 Å².